The number of carbonyl (C=O) groups is 3. The van der Waals surface area contributed by atoms with Crippen molar-refractivity contribution in [1.82, 2.24) is 9.80 Å². The molecule has 2 aliphatic heterocycles. The highest BCUT2D eigenvalue weighted by Crippen LogP contribution is 2.43. The fourth-order valence-electron chi connectivity index (χ4n) is 4.43. The third-order valence-electron chi connectivity index (χ3n) is 6.17. The Labute approximate surface area is 182 Å². The minimum absolute atomic E-state index is 0.0416. The number of anilines is 1. The van der Waals surface area contributed by atoms with Gasteiger partial charge in [0, 0.05) is 13.0 Å². The van der Waals surface area contributed by atoms with Gasteiger partial charge in [-0.15, -0.1) is 6.42 Å². The van der Waals surface area contributed by atoms with Crippen LogP contribution in [-0.2, 0) is 16.1 Å². The summed E-state index contributed by atoms with van der Waals surface area (Å²) in [6.45, 7) is 4.22. The first-order chi connectivity index (χ1) is 14.8. The Bertz CT molecular complexity index is 1090. The van der Waals surface area contributed by atoms with Gasteiger partial charge in [0.25, 0.3) is 5.91 Å². The SMILES string of the molecule is C#CCN(Cc1ccc(C)cc1)C(=O)CN1C(=O)c2ccccc2N2C(=O)CCC12C. The molecule has 1 atom stereocenters. The maximum Gasteiger partial charge on any atom is 0.258 e. The molecule has 6 heteroatoms. The van der Waals surface area contributed by atoms with Gasteiger partial charge in [-0.05, 0) is 38.0 Å². The highest BCUT2D eigenvalue weighted by Gasteiger charge is 2.53. The van der Waals surface area contributed by atoms with Gasteiger partial charge in [-0.25, -0.2) is 0 Å². The van der Waals surface area contributed by atoms with Gasteiger partial charge in [0.05, 0.1) is 17.8 Å². The van der Waals surface area contributed by atoms with Crippen LogP contribution in [-0.4, -0.2) is 46.3 Å². The minimum atomic E-state index is -0.871. The Hall–Kier alpha value is -3.59. The molecule has 6 nitrogen and oxygen atoms in total. The summed E-state index contributed by atoms with van der Waals surface area (Å²) in [4.78, 5) is 44.1. The average molecular weight is 415 g/mol. The maximum atomic E-state index is 13.4. The van der Waals surface area contributed by atoms with Crippen molar-refractivity contribution in [3.8, 4) is 12.3 Å². The monoisotopic (exact) mass is 415 g/mol. The zero-order chi connectivity index (χ0) is 22.2. The second kappa shape index (κ2) is 7.92. The number of fused-ring (bicyclic) bond motifs is 3. The largest absolute Gasteiger partial charge is 0.326 e. The number of terminal acetylenes is 1. The van der Waals surface area contributed by atoms with E-state index in [-0.39, 0.29) is 30.8 Å². The van der Waals surface area contributed by atoms with Gasteiger partial charge in [-0.1, -0.05) is 47.9 Å². The molecule has 0 bridgehead atoms. The zero-order valence-corrected chi connectivity index (χ0v) is 17.8. The highest BCUT2D eigenvalue weighted by molar-refractivity contribution is 6.11. The van der Waals surface area contributed by atoms with E-state index in [1.807, 2.05) is 44.2 Å². The van der Waals surface area contributed by atoms with Crippen LogP contribution in [0.5, 0.6) is 0 Å². The lowest BCUT2D eigenvalue weighted by molar-refractivity contribution is -0.133. The highest BCUT2D eigenvalue weighted by atomic mass is 16.2. The number of hydrogen-bond donors (Lipinski definition) is 0. The van der Waals surface area contributed by atoms with Crippen LogP contribution in [0.2, 0.25) is 0 Å². The fraction of sp³-hybridized carbons (Fsp3) is 0.320. The molecule has 1 fully saturated rings. The van der Waals surface area contributed by atoms with Crippen LogP contribution in [0.4, 0.5) is 5.69 Å². The molecular weight excluding hydrogens is 390 g/mol. The smallest absolute Gasteiger partial charge is 0.258 e. The summed E-state index contributed by atoms with van der Waals surface area (Å²) >= 11 is 0. The zero-order valence-electron chi connectivity index (χ0n) is 17.8. The van der Waals surface area contributed by atoms with Crippen molar-refractivity contribution in [2.75, 3.05) is 18.0 Å². The summed E-state index contributed by atoms with van der Waals surface area (Å²) in [5.41, 5.74) is 2.28. The van der Waals surface area contributed by atoms with Gasteiger partial charge in [-0.2, -0.15) is 0 Å². The molecule has 0 aliphatic carbocycles. The molecule has 158 valence electrons. The van der Waals surface area contributed by atoms with Crippen LogP contribution in [0.25, 0.3) is 0 Å². The molecular formula is C25H25N3O3. The first-order valence-corrected chi connectivity index (χ1v) is 10.4. The lowest BCUT2D eigenvalue weighted by Crippen LogP contribution is -2.64. The predicted octanol–water partition coefficient (Wildman–Crippen LogP) is 2.96. The number of para-hydroxylation sites is 1. The van der Waals surface area contributed by atoms with E-state index in [9.17, 15) is 14.4 Å². The van der Waals surface area contributed by atoms with Gasteiger partial charge < -0.3 is 9.80 Å². The van der Waals surface area contributed by atoms with Gasteiger partial charge in [0.2, 0.25) is 11.8 Å². The Morgan fingerprint density at radius 2 is 1.87 bits per heavy atom. The number of rotatable bonds is 5. The summed E-state index contributed by atoms with van der Waals surface area (Å²) in [7, 11) is 0. The quantitative estimate of drug-likeness (QED) is 0.706. The first-order valence-electron chi connectivity index (χ1n) is 10.4. The van der Waals surface area contributed by atoms with Crippen molar-refractivity contribution in [3.05, 3.63) is 65.2 Å². The Morgan fingerprint density at radius 1 is 1.16 bits per heavy atom. The number of aryl methyl sites for hydroxylation is 1. The standard InChI is InChI=1S/C25H25N3O3/c1-4-15-26(16-19-11-9-18(2)10-12-19)23(30)17-27-24(31)20-7-5-6-8-21(20)28-22(29)13-14-25(27,28)3/h1,5-12H,13-17H2,2-3H3. The molecule has 1 unspecified atom stereocenters. The van der Waals surface area contributed by atoms with Crippen molar-refractivity contribution >= 4 is 23.4 Å². The number of amides is 3. The third-order valence-corrected chi connectivity index (χ3v) is 6.17. The molecule has 2 heterocycles. The molecule has 0 spiro atoms. The van der Waals surface area contributed by atoms with Crippen molar-refractivity contribution in [2.24, 2.45) is 0 Å². The topological polar surface area (TPSA) is 60.9 Å². The molecule has 0 aromatic heterocycles. The Morgan fingerprint density at radius 3 is 2.58 bits per heavy atom. The van der Waals surface area contributed by atoms with Crippen LogP contribution >= 0.6 is 0 Å². The van der Waals surface area contributed by atoms with Crippen molar-refractivity contribution in [1.29, 1.82) is 0 Å². The second-order valence-corrected chi connectivity index (χ2v) is 8.29. The lowest BCUT2D eigenvalue weighted by atomic mass is 9.98. The Kier molecular flexibility index (Phi) is 5.28. The molecule has 0 N–H and O–H groups in total. The molecule has 0 radical (unpaired) electrons. The van der Waals surface area contributed by atoms with Crippen LogP contribution in [0.15, 0.2) is 48.5 Å². The predicted molar refractivity (Wildman–Crippen MR) is 118 cm³/mol. The molecule has 0 saturated carbocycles. The van der Waals surface area contributed by atoms with Crippen LogP contribution in [0.1, 0.15) is 41.3 Å². The normalized spacial score (nSPS) is 19.6. The van der Waals surface area contributed by atoms with Crippen LogP contribution in [0.3, 0.4) is 0 Å². The maximum absolute atomic E-state index is 13.4. The number of hydrogen-bond acceptors (Lipinski definition) is 3. The van der Waals surface area contributed by atoms with E-state index in [2.05, 4.69) is 5.92 Å². The summed E-state index contributed by atoms with van der Waals surface area (Å²) in [5.74, 6) is 2.02. The van der Waals surface area contributed by atoms with E-state index in [0.29, 0.717) is 30.6 Å². The summed E-state index contributed by atoms with van der Waals surface area (Å²) in [6.07, 6.45) is 6.33. The first kappa shape index (κ1) is 20.7. The van der Waals surface area contributed by atoms with E-state index < -0.39 is 5.66 Å². The van der Waals surface area contributed by atoms with Crippen LogP contribution in [0, 0.1) is 19.3 Å². The van der Waals surface area contributed by atoms with Gasteiger partial charge >= 0.3 is 0 Å². The minimum Gasteiger partial charge on any atom is -0.326 e. The van der Waals surface area contributed by atoms with Gasteiger partial charge in [0.1, 0.15) is 12.2 Å². The average Bonchev–Trinajstić information content (AvgIpc) is 3.07. The summed E-state index contributed by atoms with van der Waals surface area (Å²) < 4.78 is 0. The van der Waals surface area contributed by atoms with E-state index in [4.69, 9.17) is 6.42 Å². The van der Waals surface area contributed by atoms with E-state index in [1.165, 1.54) is 4.90 Å². The fourth-order valence-corrected chi connectivity index (χ4v) is 4.43. The van der Waals surface area contributed by atoms with Crippen molar-refractivity contribution < 1.29 is 14.4 Å². The molecule has 1 saturated heterocycles. The van der Waals surface area contributed by atoms with E-state index in [0.717, 1.165) is 11.1 Å². The third kappa shape index (κ3) is 3.57. The van der Waals surface area contributed by atoms with E-state index in [1.54, 1.807) is 28.0 Å². The van der Waals surface area contributed by atoms with Crippen LogP contribution < -0.4 is 4.90 Å². The van der Waals surface area contributed by atoms with Gasteiger partial charge in [-0.3, -0.25) is 19.3 Å². The van der Waals surface area contributed by atoms with Gasteiger partial charge in [0.15, 0.2) is 0 Å². The lowest BCUT2D eigenvalue weighted by Gasteiger charge is -2.48. The van der Waals surface area contributed by atoms with E-state index >= 15 is 0 Å². The second-order valence-electron chi connectivity index (χ2n) is 8.29. The number of carbonyl (C=O) groups excluding carboxylic acids is 3. The molecule has 2 aliphatic rings. The molecule has 3 amide bonds. The number of benzene rings is 2. The Balaban J connectivity index is 1.63. The molecule has 2 aromatic rings. The number of nitrogens with zero attached hydrogens (tertiary/aromatic N) is 3. The van der Waals surface area contributed by atoms with Crippen molar-refractivity contribution in [3.63, 3.8) is 0 Å². The molecule has 31 heavy (non-hydrogen) atoms. The summed E-state index contributed by atoms with van der Waals surface area (Å²) in [6, 6.07) is 15.0. The molecule has 4 rings (SSSR count). The summed E-state index contributed by atoms with van der Waals surface area (Å²) in [5, 5.41) is 0. The molecule has 2 aromatic carbocycles. The van der Waals surface area contributed by atoms with Crippen molar-refractivity contribution in [2.45, 2.75) is 38.9 Å².